The summed E-state index contributed by atoms with van der Waals surface area (Å²) >= 11 is 1.57. The summed E-state index contributed by atoms with van der Waals surface area (Å²) in [6.07, 6.45) is 0. The number of thioether (sulfide) groups is 1. The fraction of sp³-hybridized carbons (Fsp3) is 0.160. The van der Waals surface area contributed by atoms with Crippen LogP contribution in [0.2, 0.25) is 0 Å². The first kappa shape index (κ1) is 21.8. The van der Waals surface area contributed by atoms with Crippen LogP contribution in [-0.4, -0.2) is 20.7 Å². The number of hydrogen-bond acceptors (Lipinski definition) is 4. The number of halogens is 1. The molecule has 0 radical (unpaired) electrons. The largest absolute Gasteiger partial charge is 0.342 e. The molecule has 4 rings (SSSR count). The molecule has 0 saturated heterocycles. The van der Waals surface area contributed by atoms with Gasteiger partial charge in [-0.1, -0.05) is 71.9 Å². The van der Waals surface area contributed by atoms with Gasteiger partial charge in [0.15, 0.2) is 11.0 Å². The van der Waals surface area contributed by atoms with E-state index in [1.165, 1.54) is 23.3 Å². The molecule has 1 heterocycles. The second-order valence-corrected chi connectivity index (χ2v) is 8.40. The second kappa shape index (κ2) is 9.78. The molecular formula is C25H23FN4OS. The summed E-state index contributed by atoms with van der Waals surface area (Å²) in [5.41, 5.74) is 3.29. The number of benzene rings is 3. The van der Waals surface area contributed by atoms with E-state index in [1.54, 1.807) is 23.9 Å². The smallest absolute Gasteiger partial charge is 0.254 e. The van der Waals surface area contributed by atoms with E-state index in [0.717, 1.165) is 16.6 Å². The van der Waals surface area contributed by atoms with Crippen molar-refractivity contribution in [2.75, 3.05) is 0 Å². The highest BCUT2D eigenvalue weighted by atomic mass is 32.2. The summed E-state index contributed by atoms with van der Waals surface area (Å²) in [4.78, 5) is 12.6. The third kappa shape index (κ3) is 4.89. The Hall–Kier alpha value is -3.45. The van der Waals surface area contributed by atoms with E-state index in [0.29, 0.717) is 5.82 Å². The Morgan fingerprint density at radius 1 is 1.00 bits per heavy atom. The normalized spacial score (nSPS) is 11.8. The maximum absolute atomic E-state index is 14.0. The van der Waals surface area contributed by atoms with Crippen molar-refractivity contribution in [2.24, 2.45) is 0 Å². The summed E-state index contributed by atoms with van der Waals surface area (Å²) in [6.45, 7) is 3.88. The summed E-state index contributed by atoms with van der Waals surface area (Å²) in [6, 6.07) is 23.6. The van der Waals surface area contributed by atoms with Crippen molar-refractivity contribution in [3.05, 3.63) is 107 Å². The third-order valence-electron chi connectivity index (χ3n) is 5.01. The number of nitrogens with one attached hydrogen (secondary N) is 1. The number of carbonyl (C=O) groups is 1. The van der Waals surface area contributed by atoms with E-state index in [1.807, 2.05) is 41.8 Å². The lowest BCUT2D eigenvalue weighted by atomic mass is 10.2. The number of aromatic nitrogens is 3. The number of aryl methyl sites for hydroxylation is 1. The Kier molecular flexibility index (Phi) is 6.66. The minimum atomic E-state index is -0.559. The van der Waals surface area contributed by atoms with E-state index in [2.05, 4.69) is 46.7 Å². The van der Waals surface area contributed by atoms with E-state index in [-0.39, 0.29) is 5.56 Å². The summed E-state index contributed by atoms with van der Waals surface area (Å²) in [5.74, 6) is 0.261. The van der Waals surface area contributed by atoms with Crippen LogP contribution in [-0.2, 0) is 5.75 Å². The van der Waals surface area contributed by atoms with Crippen LogP contribution < -0.4 is 5.32 Å². The lowest BCUT2D eigenvalue weighted by molar-refractivity contribution is 0.0934. The Balaban J connectivity index is 1.60. The summed E-state index contributed by atoms with van der Waals surface area (Å²) in [5, 5.41) is 12.3. The minimum absolute atomic E-state index is 0.000837. The summed E-state index contributed by atoms with van der Waals surface area (Å²) in [7, 11) is 0. The fourth-order valence-electron chi connectivity index (χ4n) is 3.29. The van der Waals surface area contributed by atoms with Crippen molar-refractivity contribution in [3.63, 3.8) is 0 Å². The van der Waals surface area contributed by atoms with Gasteiger partial charge in [0, 0.05) is 11.4 Å². The predicted octanol–water partition coefficient (Wildman–Crippen LogP) is 5.50. The Labute approximate surface area is 190 Å². The molecule has 0 spiro atoms. The van der Waals surface area contributed by atoms with Gasteiger partial charge in [0.05, 0.1) is 11.6 Å². The zero-order valence-corrected chi connectivity index (χ0v) is 18.6. The first-order valence-corrected chi connectivity index (χ1v) is 11.3. The number of nitrogens with zero attached hydrogens (tertiary/aromatic N) is 3. The van der Waals surface area contributed by atoms with Crippen LogP contribution in [0.25, 0.3) is 5.69 Å². The lowest BCUT2D eigenvalue weighted by Gasteiger charge is -2.16. The van der Waals surface area contributed by atoms with Crippen LogP contribution in [0.1, 0.15) is 40.3 Å². The fourth-order valence-corrected chi connectivity index (χ4v) is 4.21. The quantitative estimate of drug-likeness (QED) is 0.381. The van der Waals surface area contributed by atoms with Gasteiger partial charge < -0.3 is 5.32 Å². The van der Waals surface area contributed by atoms with Gasteiger partial charge in [0.25, 0.3) is 5.91 Å². The van der Waals surface area contributed by atoms with Gasteiger partial charge in [0.1, 0.15) is 5.82 Å². The number of amides is 1. The molecule has 32 heavy (non-hydrogen) atoms. The first-order chi connectivity index (χ1) is 15.5. The van der Waals surface area contributed by atoms with Crippen LogP contribution in [0, 0.1) is 12.7 Å². The minimum Gasteiger partial charge on any atom is -0.342 e. The Morgan fingerprint density at radius 3 is 2.41 bits per heavy atom. The first-order valence-electron chi connectivity index (χ1n) is 10.3. The molecule has 0 fully saturated rings. The molecule has 3 aromatic carbocycles. The zero-order valence-electron chi connectivity index (χ0n) is 17.8. The molecule has 0 aliphatic heterocycles. The monoisotopic (exact) mass is 446 g/mol. The molecule has 4 aromatic rings. The number of para-hydroxylation sites is 1. The van der Waals surface area contributed by atoms with Crippen molar-refractivity contribution in [1.29, 1.82) is 0 Å². The van der Waals surface area contributed by atoms with E-state index >= 15 is 0 Å². The molecule has 0 unspecified atom stereocenters. The maximum atomic E-state index is 14.0. The SMILES string of the molecule is Cc1ccc(CSc2nnc([C@H](C)NC(=O)c3ccccc3F)n2-c2ccccc2)cc1. The van der Waals surface area contributed by atoms with Crippen molar-refractivity contribution in [2.45, 2.75) is 30.8 Å². The van der Waals surface area contributed by atoms with E-state index in [9.17, 15) is 9.18 Å². The predicted molar refractivity (Wildman–Crippen MR) is 124 cm³/mol. The van der Waals surface area contributed by atoms with Crippen LogP contribution in [0.3, 0.4) is 0 Å². The van der Waals surface area contributed by atoms with Gasteiger partial charge in [-0.15, -0.1) is 10.2 Å². The molecule has 1 amide bonds. The summed E-state index contributed by atoms with van der Waals surface area (Å²) < 4.78 is 16.0. The van der Waals surface area contributed by atoms with Crippen LogP contribution in [0.15, 0.2) is 84.0 Å². The van der Waals surface area contributed by atoms with Crippen molar-refractivity contribution in [3.8, 4) is 5.69 Å². The average molecular weight is 447 g/mol. The molecule has 1 N–H and O–H groups in total. The molecule has 5 nitrogen and oxygen atoms in total. The molecule has 7 heteroatoms. The number of carbonyl (C=O) groups excluding carboxylic acids is 1. The average Bonchev–Trinajstić information content (AvgIpc) is 3.23. The standard InChI is InChI=1S/C25H23FN4OS/c1-17-12-14-19(15-13-17)16-32-25-29-28-23(30(25)20-8-4-3-5-9-20)18(2)27-24(31)21-10-6-7-11-22(21)26/h3-15,18H,16H2,1-2H3,(H,27,31)/t18-/m0/s1. The van der Waals surface area contributed by atoms with Gasteiger partial charge in [-0.2, -0.15) is 0 Å². The van der Waals surface area contributed by atoms with Crippen LogP contribution in [0.5, 0.6) is 0 Å². The number of hydrogen-bond donors (Lipinski definition) is 1. The molecule has 1 aromatic heterocycles. The van der Waals surface area contributed by atoms with Crippen LogP contribution >= 0.6 is 11.8 Å². The van der Waals surface area contributed by atoms with E-state index < -0.39 is 17.8 Å². The molecule has 1 atom stereocenters. The van der Waals surface area contributed by atoms with Crippen molar-refractivity contribution < 1.29 is 9.18 Å². The number of rotatable bonds is 7. The van der Waals surface area contributed by atoms with Crippen molar-refractivity contribution in [1.82, 2.24) is 20.1 Å². The lowest BCUT2D eigenvalue weighted by Crippen LogP contribution is -2.29. The van der Waals surface area contributed by atoms with Gasteiger partial charge >= 0.3 is 0 Å². The molecule has 0 saturated carbocycles. The zero-order chi connectivity index (χ0) is 22.5. The molecule has 0 bridgehead atoms. The van der Waals surface area contributed by atoms with Gasteiger partial charge in [-0.05, 0) is 43.7 Å². The molecule has 0 aliphatic rings. The van der Waals surface area contributed by atoms with Gasteiger partial charge in [0.2, 0.25) is 0 Å². The van der Waals surface area contributed by atoms with E-state index in [4.69, 9.17) is 0 Å². The Bertz CT molecular complexity index is 1210. The highest BCUT2D eigenvalue weighted by molar-refractivity contribution is 7.98. The molecule has 162 valence electrons. The highest BCUT2D eigenvalue weighted by Gasteiger charge is 2.22. The molecular weight excluding hydrogens is 423 g/mol. The maximum Gasteiger partial charge on any atom is 0.254 e. The topological polar surface area (TPSA) is 59.8 Å². The third-order valence-corrected chi connectivity index (χ3v) is 6.01. The van der Waals surface area contributed by atoms with Crippen LogP contribution in [0.4, 0.5) is 4.39 Å². The highest BCUT2D eigenvalue weighted by Crippen LogP contribution is 2.27. The Morgan fingerprint density at radius 2 is 1.69 bits per heavy atom. The van der Waals surface area contributed by atoms with Gasteiger partial charge in [-0.25, -0.2) is 4.39 Å². The van der Waals surface area contributed by atoms with Crippen molar-refractivity contribution >= 4 is 17.7 Å². The second-order valence-electron chi connectivity index (χ2n) is 7.46. The molecule has 0 aliphatic carbocycles. The van der Waals surface area contributed by atoms with Gasteiger partial charge in [-0.3, -0.25) is 9.36 Å².